The van der Waals surface area contributed by atoms with Gasteiger partial charge in [-0.1, -0.05) is 82.2 Å². The molecule has 59 heavy (non-hydrogen) atoms. The van der Waals surface area contributed by atoms with Crippen molar-refractivity contribution in [3.05, 3.63) is 12.2 Å². The molecular formula is C47H79NO11. The second-order valence-corrected chi connectivity index (χ2v) is 20.7. The predicted molar refractivity (Wildman–Crippen MR) is 224 cm³/mol. The molecule has 1 amide bonds. The van der Waals surface area contributed by atoms with Crippen LogP contribution in [0.25, 0.3) is 0 Å². The van der Waals surface area contributed by atoms with Crippen LogP contribution in [0, 0.1) is 46.8 Å². The lowest BCUT2D eigenvalue weighted by Gasteiger charge is -2.55. The minimum absolute atomic E-state index is 0.00813. The van der Waals surface area contributed by atoms with Gasteiger partial charge in [-0.3, -0.25) is 14.4 Å². The molecule has 0 aliphatic carbocycles. The van der Waals surface area contributed by atoms with Crippen LogP contribution in [0.4, 0.5) is 0 Å². The van der Waals surface area contributed by atoms with Crippen LogP contribution in [0.1, 0.15) is 154 Å². The Balaban J connectivity index is 1.40. The summed E-state index contributed by atoms with van der Waals surface area (Å²) in [4.78, 5) is 40.2. The summed E-state index contributed by atoms with van der Waals surface area (Å²) >= 11 is 0. The smallest absolute Gasteiger partial charge is 0.309 e. The topological polar surface area (TPSA) is 170 Å². The number of hydrogen-bond donors (Lipinski definition) is 4. The third kappa shape index (κ3) is 9.40. The monoisotopic (exact) mass is 834 g/mol. The van der Waals surface area contributed by atoms with E-state index in [-0.39, 0.29) is 47.8 Å². The second-order valence-electron chi connectivity index (χ2n) is 20.7. The van der Waals surface area contributed by atoms with E-state index in [9.17, 15) is 29.7 Å². The van der Waals surface area contributed by atoms with E-state index in [0.29, 0.717) is 57.8 Å². The number of rotatable bonds is 13. The van der Waals surface area contributed by atoms with Crippen molar-refractivity contribution in [2.45, 2.75) is 220 Å². The van der Waals surface area contributed by atoms with Crippen LogP contribution in [0.15, 0.2) is 12.2 Å². The summed E-state index contributed by atoms with van der Waals surface area (Å²) in [5.74, 6) is -6.01. The molecule has 0 aromatic heterocycles. The third-order valence-electron chi connectivity index (χ3n) is 15.4. The van der Waals surface area contributed by atoms with E-state index >= 15 is 0 Å². The number of aliphatic carboxylic acids is 1. The highest BCUT2D eigenvalue weighted by atomic mass is 16.8. The van der Waals surface area contributed by atoms with Crippen LogP contribution < -0.4 is 5.32 Å². The average molecular weight is 834 g/mol. The Morgan fingerprint density at radius 1 is 0.881 bits per heavy atom. The maximum atomic E-state index is 14.6. The zero-order chi connectivity index (χ0) is 44.0. The SMILES string of the molecule is CCC(C(=O)[C@@H](C)[C@@H](O)[C@H](C)[C@@H]1O[C@@H]([C@@H](CC)C(=O)O)CC[C@@H]1C)[C@H]1O[C@]2(C=CC(NC(=O)C(C)(C)C)[C@]3(CC[C@@](C)([C@H]4CC[C@](O)(CC)[C@H](C)O4)O3)O2)[C@H](C)C[C@@H]1C. The molecule has 2 unspecified atom stereocenters. The van der Waals surface area contributed by atoms with Gasteiger partial charge in [0.1, 0.15) is 11.8 Å². The number of aliphatic hydroxyl groups excluding tert-OH is 1. The van der Waals surface area contributed by atoms with Crippen molar-refractivity contribution in [1.82, 2.24) is 5.32 Å². The van der Waals surface area contributed by atoms with Crippen molar-refractivity contribution in [1.29, 1.82) is 0 Å². The van der Waals surface area contributed by atoms with Crippen molar-refractivity contribution >= 4 is 17.7 Å². The number of ketones is 1. The van der Waals surface area contributed by atoms with Gasteiger partial charge >= 0.3 is 5.97 Å². The lowest BCUT2D eigenvalue weighted by atomic mass is 9.72. The third-order valence-corrected chi connectivity index (χ3v) is 15.4. The minimum Gasteiger partial charge on any atom is -0.481 e. The van der Waals surface area contributed by atoms with Crippen LogP contribution in [0.3, 0.4) is 0 Å². The molecule has 0 aromatic carbocycles. The second kappa shape index (κ2) is 18.0. The molecular weight excluding hydrogens is 755 g/mol. The number of aliphatic hydroxyl groups is 2. The number of amides is 1. The van der Waals surface area contributed by atoms with Gasteiger partial charge in [0, 0.05) is 35.5 Å². The lowest BCUT2D eigenvalue weighted by molar-refractivity contribution is -0.398. The van der Waals surface area contributed by atoms with E-state index in [1.54, 1.807) is 6.92 Å². The molecule has 18 atom stereocenters. The normalized spacial score (nSPS) is 42.9. The molecule has 4 fully saturated rings. The molecule has 5 aliphatic heterocycles. The molecule has 12 nitrogen and oxygen atoms in total. The quantitative estimate of drug-likeness (QED) is 0.137. The number of carbonyl (C=O) groups excluding carboxylic acids is 2. The van der Waals surface area contributed by atoms with E-state index in [1.165, 1.54) is 0 Å². The zero-order valence-electron chi connectivity index (χ0n) is 38.4. The Labute approximate surface area is 354 Å². The van der Waals surface area contributed by atoms with Gasteiger partial charge in [-0.25, -0.2) is 0 Å². The highest BCUT2D eigenvalue weighted by Gasteiger charge is 2.63. The van der Waals surface area contributed by atoms with Gasteiger partial charge in [0.05, 0.1) is 53.7 Å². The van der Waals surface area contributed by atoms with Crippen LogP contribution in [0.2, 0.25) is 0 Å². The first-order valence-corrected chi connectivity index (χ1v) is 23.0. The van der Waals surface area contributed by atoms with Gasteiger partial charge in [-0.2, -0.15) is 0 Å². The van der Waals surface area contributed by atoms with Crippen molar-refractivity contribution in [3.63, 3.8) is 0 Å². The Morgan fingerprint density at radius 3 is 2.12 bits per heavy atom. The summed E-state index contributed by atoms with van der Waals surface area (Å²) in [7, 11) is 0. The number of carboxylic acids is 1. The molecule has 5 aliphatic rings. The van der Waals surface area contributed by atoms with Crippen molar-refractivity contribution in [3.8, 4) is 0 Å². The number of hydrogen-bond acceptors (Lipinski definition) is 10. The fourth-order valence-corrected chi connectivity index (χ4v) is 11.0. The van der Waals surface area contributed by atoms with Gasteiger partial charge in [-0.15, -0.1) is 0 Å². The molecule has 12 heteroatoms. The number of ether oxygens (including phenoxy) is 5. The van der Waals surface area contributed by atoms with Gasteiger partial charge in [0.25, 0.3) is 0 Å². The van der Waals surface area contributed by atoms with Crippen LogP contribution >= 0.6 is 0 Å². The first-order valence-electron chi connectivity index (χ1n) is 23.0. The zero-order valence-corrected chi connectivity index (χ0v) is 38.4. The number of nitrogens with one attached hydrogen (secondary N) is 1. The largest absolute Gasteiger partial charge is 0.481 e. The lowest BCUT2D eigenvalue weighted by Crippen LogP contribution is -2.66. The molecule has 4 saturated heterocycles. The standard InChI is InChI=1S/C47H79NO11/c1-14-32(41(51)52)34-18-17-26(4)39(56-34)30(8)37(49)29(7)38(50)33(15-2)40-27(5)25-28(6)46(57-40)22-19-35(48-42(53)43(10,11)12)47(59-46)24-23-44(13,58-47)36-20-21-45(54,16-3)31(9)55-36/h19,22,26-37,39-40,49,54H,14-18,20-21,23-25H2,1-13H3,(H,48,53)(H,51,52)/t26-,27-,28+,29-,30-,31-,32+,33?,34+,35?,36+,37+,39+,40-,44-,45+,46-,47-/m0/s1. The number of carbonyl (C=O) groups is 3. The van der Waals surface area contributed by atoms with Gasteiger partial charge < -0.3 is 44.3 Å². The molecule has 4 N–H and O–H groups in total. The highest BCUT2D eigenvalue weighted by molar-refractivity contribution is 5.84. The maximum absolute atomic E-state index is 14.6. The van der Waals surface area contributed by atoms with E-state index < -0.39 is 82.2 Å². The van der Waals surface area contributed by atoms with Crippen LogP contribution in [-0.4, -0.2) is 98.4 Å². The Morgan fingerprint density at radius 2 is 1.54 bits per heavy atom. The molecule has 0 radical (unpaired) electrons. The van der Waals surface area contributed by atoms with Gasteiger partial charge in [0.2, 0.25) is 5.91 Å². The van der Waals surface area contributed by atoms with E-state index in [4.69, 9.17) is 23.7 Å². The maximum Gasteiger partial charge on any atom is 0.309 e. The Bertz CT molecular complexity index is 1530. The van der Waals surface area contributed by atoms with Crippen LogP contribution in [-0.2, 0) is 38.1 Å². The van der Waals surface area contributed by atoms with Crippen molar-refractivity contribution in [2.75, 3.05) is 0 Å². The fourth-order valence-electron chi connectivity index (χ4n) is 11.0. The Hall–Kier alpha value is -1.93. The molecule has 0 aromatic rings. The summed E-state index contributed by atoms with van der Waals surface area (Å²) in [6.07, 6.45) is 6.75. The van der Waals surface area contributed by atoms with E-state index in [2.05, 4.69) is 26.1 Å². The fraction of sp³-hybridized carbons (Fsp3) is 0.894. The minimum atomic E-state index is -1.30. The average Bonchev–Trinajstić information content (AvgIpc) is 3.52. The summed E-state index contributed by atoms with van der Waals surface area (Å²) in [6, 6.07) is -0.628. The molecule has 338 valence electrons. The Kier molecular flexibility index (Phi) is 14.7. The van der Waals surface area contributed by atoms with E-state index in [0.717, 1.165) is 6.42 Å². The van der Waals surface area contributed by atoms with Crippen LogP contribution in [0.5, 0.6) is 0 Å². The summed E-state index contributed by atoms with van der Waals surface area (Å²) in [5, 5.41) is 36.1. The summed E-state index contributed by atoms with van der Waals surface area (Å²) < 4.78 is 34.5. The molecule has 0 bridgehead atoms. The van der Waals surface area contributed by atoms with Gasteiger partial charge in [-0.05, 0) is 89.5 Å². The van der Waals surface area contributed by atoms with E-state index in [1.807, 2.05) is 74.5 Å². The predicted octanol–water partition coefficient (Wildman–Crippen LogP) is 7.36. The molecule has 5 rings (SSSR count). The first kappa shape index (κ1) is 48.1. The number of carboxylic acid groups (broad SMARTS) is 1. The first-order chi connectivity index (χ1) is 27.4. The summed E-state index contributed by atoms with van der Waals surface area (Å²) in [5.41, 5.74) is -2.35. The summed E-state index contributed by atoms with van der Waals surface area (Å²) in [6.45, 7) is 25.3. The number of Topliss-reactive ketones (excluding diaryl/α,β-unsaturated/α-hetero) is 1. The van der Waals surface area contributed by atoms with Crippen molar-refractivity contribution in [2.24, 2.45) is 46.8 Å². The highest BCUT2D eigenvalue weighted by Crippen LogP contribution is 2.54. The van der Waals surface area contributed by atoms with Gasteiger partial charge in [0.15, 0.2) is 11.6 Å². The molecule has 2 spiro atoms. The molecule has 5 heterocycles. The van der Waals surface area contributed by atoms with Crippen molar-refractivity contribution < 1.29 is 53.4 Å². The molecule has 0 saturated carbocycles.